The van der Waals surface area contributed by atoms with Crippen molar-refractivity contribution >= 4 is 33.8 Å². The van der Waals surface area contributed by atoms with E-state index in [1.54, 1.807) is 43.3 Å². The van der Waals surface area contributed by atoms with Crippen LogP contribution in [0, 0.1) is 6.92 Å². The number of carbonyl (C=O) groups excluding carboxylic acids is 1. The van der Waals surface area contributed by atoms with Crippen LogP contribution in [0.25, 0.3) is 12.2 Å². The maximum Gasteiger partial charge on any atom is 0.243 e. The number of nitrogens with zero attached hydrogens (tertiary/aromatic N) is 2. The van der Waals surface area contributed by atoms with Crippen molar-refractivity contribution in [1.82, 2.24) is 9.46 Å². The van der Waals surface area contributed by atoms with Gasteiger partial charge in [-0.25, -0.2) is 8.42 Å². The molecule has 0 bridgehead atoms. The maximum atomic E-state index is 12.6. The normalized spacial score (nSPS) is 15.9. The first kappa shape index (κ1) is 19.3. The summed E-state index contributed by atoms with van der Waals surface area (Å²) in [6.07, 6.45) is 3.44. The number of anilines is 1. The van der Waals surface area contributed by atoms with Crippen LogP contribution < -0.4 is 5.32 Å². The van der Waals surface area contributed by atoms with E-state index in [0.29, 0.717) is 43.4 Å². The van der Waals surface area contributed by atoms with Crippen molar-refractivity contribution in [1.29, 1.82) is 0 Å². The summed E-state index contributed by atoms with van der Waals surface area (Å²) in [5, 5.41) is 6.53. The molecule has 2 aromatic rings. The average molecular weight is 391 g/mol. The molecular weight excluding hydrogens is 370 g/mol. The Morgan fingerprint density at radius 1 is 1.19 bits per heavy atom. The van der Waals surface area contributed by atoms with E-state index < -0.39 is 10.0 Å². The van der Waals surface area contributed by atoms with Crippen LogP contribution in [0.4, 0.5) is 5.69 Å². The fourth-order valence-corrected chi connectivity index (χ4v) is 4.10. The Bertz CT molecular complexity index is 942. The molecule has 1 saturated heterocycles. The van der Waals surface area contributed by atoms with E-state index in [-0.39, 0.29) is 10.8 Å². The van der Waals surface area contributed by atoms with Crippen molar-refractivity contribution < 1.29 is 22.5 Å². The number of nitrogens with one attached hydrogen (secondary N) is 1. The molecule has 1 N–H and O–H groups in total. The standard InChI is InChI=1S/C18H21N3O5S/c1-13-18(19-14(2)22)17(26-20-13)8-5-15-3-6-16(7-4-15)27(23,24)21-9-11-25-12-10-21/h3-8H,9-12H2,1-2H3,(H,19,22)/b8-5-. The van der Waals surface area contributed by atoms with E-state index >= 15 is 0 Å². The minimum absolute atomic E-state index is 0.214. The van der Waals surface area contributed by atoms with Gasteiger partial charge in [0.25, 0.3) is 0 Å². The lowest BCUT2D eigenvalue weighted by Crippen LogP contribution is -2.40. The topological polar surface area (TPSA) is 102 Å². The number of ether oxygens (including phenoxy) is 1. The zero-order chi connectivity index (χ0) is 19.4. The molecule has 9 heteroatoms. The molecule has 1 aliphatic rings. The zero-order valence-corrected chi connectivity index (χ0v) is 16.0. The highest BCUT2D eigenvalue weighted by Gasteiger charge is 2.25. The predicted octanol–water partition coefficient (Wildman–Crippen LogP) is 2.13. The number of amides is 1. The monoisotopic (exact) mass is 391 g/mol. The minimum Gasteiger partial charge on any atom is -0.379 e. The third-order valence-corrected chi connectivity index (χ3v) is 6.02. The highest BCUT2D eigenvalue weighted by molar-refractivity contribution is 7.89. The molecule has 144 valence electrons. The van der Waals surface area contributed by atoms with Crippen LogP contribution in [0.15, 0.2) is 33.7 Å². The fraction of sp³-hybridized carbons (Fsp3) is 0.333. The summed E-state index contributed by atoms with van der Waals surface area (Å²) >= 11 is 0. The highest BCUT2D eigenvalue weighted by Crippen LogP contribution is 2.23. The molecule has 0 saturated carbocycles. The Labute approximate surface area is 157 Å². The third-order valence-electron chi connectivity index (χ3n) is 4.11. The van der Waals surface area contributed by atoms with Crippen LogP contribution in [0.1, 0.15) is 23.9 Å². The molecule has 3 rings (SSSR count). The quantitative estimate of drug-likeness (QED) is 0.838. The van der Waals surface area contributed by atoms with Gasteiger partial charge in [-0.2, -0.15) is 4.31 Å². The predicted molar refractivity (Wildman–Crippen MR) is 100 cm³/mol. The summed E-state index contributed by atoms with van der Waals surface area (Å²) < 4.78 is 37.1. The second-order valence-corrected chi connectivity index (χ2v) is 8.05. The van der Waals surface area contributed by atoms with Crippen molar-refractivity contribution in [3.63, 3.8) is 0 Å². The molecule has 1 aromatic heterocycles. The number of sulfonamides is 1. The third kappa shape index (κ3) is 4.44. The van der Waals surface area contributed by atoms with E-state index in [2.05, 4.69) is 10.5 Å². The van der Waals surface area contributed by atoms with Gasteiger partial charge in [0, 0.05) is 20.0 Å². The van der Waals surface area contributed by atoms with Crippen LogP contribution in [0.5, 0.6) is 0 Å². The number of hydrogen-bond acceptors (Lipinski definition) is 6. The average Bonchev–Trinajstić information content (AvgIpc) is 3.00. The van der Waals surface area contributed by atoms with Gasteiger partial charge in [0.05, 0.1) is 18.1 Å². The number of rotatable bonds is 5. The van der Waals surface area contributed by atoms with Gasteiger partial charge in [-0.3, -0.25) is 4.79 Å². The molecule has 1 fully saturated rings. The fourth-order valence-electron chi connectivity index (χ4n) is 2.69. The van der Waals surface area contributed by atoms with Gasteiger partial charge in [-0.05, 0) is 30.7 Å². The summed E-state index contributed by atoms with van der Waals surface area (Å²) in [5.74, 6) is 0.210. The van der Waals surface area contributed by atoms with Gasteiger partial charge < -0.3 is 14.6 Å². The van der Waals surface area contributed by atoms with Crippen molar-refractivity contribution in [2.45, 2.75) is 18.7 Å². The van der Waals surface area contributed by atoms with Gasteiger partial charge >= 0.3 is 0 Å². The first-order valence-corrected chi connectivity index (χ1v) is 9.92. The largest absolute Gasteiger partial charge is 0.379 e. The Morgan fingerprint density at radius 3 is 2.48 bits per heavy atom. The molecule has 0 spiro atoms. The number of aromatic nitrogens is 1. The second-order valence-electron chi connectivity index (χ2n) is 6.11. The summed E-state index contributed by atoms with van der Waals surface area (Å²) in [7, 11) is -3.51. The van der Waals surface area contributed by atoms with Gasteiger partial charge in [0.15, 0.2) is 5.76 Å². The van der Waals surface area contributed by atoms with Crippen LogP contribution in [-0.4, -0.2) is 50.1 Å². The van der Waals surface area contributed by atoms with Gasteiger partial charge in [-0.1, -0.05) is 23.4 Å². The molecular formula is C18H21N3O5S. The second kappa shape index (κ2) is 8.03. The van der Waals surface area contributed by atoms with Gasteiger partial charge in [0.1, 0.15) is 11.4 Å². The summed E-state index contributed by atoms with van der Waals surface area (Å²) in [4.78, 5) is 11.5. The molecule has 0 atom stereocenters. The van der Waals surface area contributed by atoms with E-state index in [1.807, 2.05) is 0 Å². The number of benzene rings is 1. The number of aryl methyl sites for hydroxylation is 1. The Kier molecular flexibility index (Phi) is 5.73. The van der Waals surface area contributed by atoms with Crippen molar-refractivity contribution in [2.75, 3.05) is 31.6 Å². The summed E-state index contributed by atoms with van der Waals surface area (Å²) in [6.45, 7) is 4.69. The Hall–Kier alpha value is -2.49. The SMILES string of the molecule is CC(=O)Nc1c(C)noc1/C=C\c1ccc(S(=O)(=O)N2CCOCC2)cc1. The molecule has 1 amide bonds. The zero-order valence-electron chi connectivity index (χ0n) is 15.1. The smallest absolute Gasteiger partial charge is 0.243 e. The van der Waals surface area contributed by atoms with Crippen LogP contribution in [-0.2, 0) is 19.6 Å². The van der Waals surface area contributed by atoms with Gasteiger partial charge in [-0.15, -0.1) is 0 Å². The molecule has 1 aromatic carbocycles. The minimum atomic E-state index is -3.51. The number of carbonyl (C=O) groups is 1. The van der Waals surface area contributed by atoms with E-state index in [4.69, 9.17) is 9.26 Å². The molecule has 1 aliphatic heterocycles. The summed E-state index contributed by atoms with van der Waals surface area (Å²) in [5.41, 5.74) is 1.89. The van der Waals surface area contributed by atoms with Crippen molar-refractivity contribution in [2.24, 2.45) is 0 Å². The molecule has 0 unspecified atom stereocenters. The first-order chi connectivity index (χ1) is 12.9. The number of morpholine rings is 1. The Morgan fingerprint density at radius 2 is 1.85 bits per heavy atom. The molecule has 0 radical (unpaired) electrons. The molecule has 8 nitrogen and oxygen atoms in total. The van der Waals surface area contributed by atoms with Crippen LogP contribution in [0.3, 0.4) is 0 Å². The van der Waals surface area contributed by atoms with Crippen LogP contribution >= 0.6 is 0 Å². The van der Waals surface area contributed by atoms with Crippen molar-refractivity contribution in [3.8, 4) is 0 Å². The van der Waals surface area contributed by atoms with Crippen LogP contribution in [0.2, 0.25) is 0 Å². The number of hydrogen-bond donors (Lipinski definition) is 1. The van der Waals surface area contributed by atoms with Crippen molar-refractivity contribution in [3.05, 3.63) is 41.3 Å². The molecule has 2 heterocycles. The summed E-state index contributed by atoms with van der Waals surface area (Å²) in [6, 6.07) is 6.58. The lowest BCUT2D eigenvalue weighted by Gasteiger charge is -2.26. The first-order valence-electron chi connectivity index (χ1n) is 8.48. The Balaban J connectivity index is 1.76. The highest BCUT2D eigenvalue weighted by atomic mass is 32.2. The van der Waals surface area contributed by atoms with E-state index in [1.165, 1.54) is 11.2 Å². The maximum absolute atomic E-state index is 12.6. The lowest BCUT2D eigenvalue weighted by molar-refractivity contribution is -0.114. The lowest BCUT2D eigenvalue weighted by atomic mass is 10.2. The van der Waals surface area contributed by atoms with Gasteiger partial charge in [0.2, 0.25) is 15.9 Å². The molecule has 0 aliphatic carbocycles. The van der Waals surface area contributed by atoms with E-state index in [9.17, 15) is 13.2 Å². The molecule has 27 heavy (non-hydrogen) atoms. The van der Waals surface area contributed by atoms with E-state index in [0.717, 1.165) is 5.56 Å².